The van der Waals surface area contributed by atoms with E-state index in [0.717, 1.165) is 24.8 Å². The molecule has 1 aromatic rings. The largest absolute Gasteiger partial charge is 0.493 e. The van der Waals surface area contributed by atoms with Crippen molar-refractivity contribution in [3.8, 4) is 11.5 Å². The second-order valence-corrected chi connectivity index (χ2v) is 6.90. The molecule has 1 aromatic carbocycles. The fourth-order valence-corrected chi connectivity index (χ4v) is 3.12. The van der Waals surface area contributed by atoms with Crippen LogP contribution >= 0.6 is 0 Å². The van der Waals surface area contributed by atoms with Crippen molar-refractivity contribution in [2.45, 2.75) is 52.1 Å². The molecule has 158 valence electrons. The van der Waals surface area contributed by atoms with Crippen LogP contribution < -0.4 is 14.8 Å². The van der Waals surface area contributed by atoms with Gasteiger partial charge in [-0.15, -0.1) is 0 Å². The van der Waals surface area contributed by atoms with E-state index in [4.69, 9.17) is 14.2 Å². The first-order valence-corrected chi connectivity index (χ1v) is 10.2. The van der Waals surface area contributed by atoms with Gasteiger partial charge < -0.3 is 19.5 Å². The summed E-state index contributed by atoms with van der Waals surface area (Å²) in [4.78, 5) is 24.1. The number of esters is 1. The molecule has 0 unspecified atom stereocenters. The van der Waals surface area contributed by atoms with E-state index in [-0.39, 0.29) is 5.91 Å². The van der Waals surface area contributed by atoms with Crippen molar-refractivity contribution < 1.29 is 23.8 Å². The minimum atomic E-state index is -0.845. The zero-order valence-electron chi connectivity index (χ0n) is 17.5. The van der Waals surface area contributed by atoms with E-state index in [1.807, 2.05) is 13.0 Å². The molecular weight excluding hydrogens is 370 g/mol. The summed E-state index contributed by atoms with van der Waals surface area (Å²) in [5, 5.41) is 2.83. The van der Waals surface area contributed by atoms with Gasteiger partial charge in [0.25, 0.3) is 5.91 Å². The smallest absolute Gasteiger partial charge is 0.331 e. The third-order valence-electron chi connectivity index (χ3n) is 4.69. The van der Waals surface area contributed by atoms with Crippen molar-refractivity contribution in [1.29, 1.82) is 0 Å². The Labute approximate surface area is 172 Å². The van der Waals surface area contributed by atoms with Crippen molar-refractivity contribution in [3.05, 3.63) is 41.5 Å². The summed E-state index contributed by atoms with van der Waals surface area (Å²) < 4.78 is 15.9. The van der Waals surface area contributed by atoms with E-state index in [2.05, 4.69) is 11.4 Å². The number of hydrogen-bond acceptors (Lipinski definition) is 5. The first kappa shape index (κ1) is 22.5. The van der Waals surface area contributed by atoms with Gasteiger partial charge in [0.15, 0.2) is 17.6 Å². The molecule has 1 amide bonds. The average Bonchev–Trinajstić information content (AvgIpc) is 2.73. The van der Waals surface area contributed by atoms with Crippen molar-refractivity contribution >= 4 is 18.0 Å². The molecule has 0 aromatic heterocycles. The Balaban J connectivity index is 1.79. The van der Waals surface area contributed by atoms with Crippen LogP contribution in [-0.4, -0.2) is 38.2 Å². The number of benzene rings is 1. The monoisotopic (exact) mass is 401 g/mol. The highest BCUT2D eigenvalue weighted by Gasteiger charge is 2.16. The molecule has 1 aliphatic rings. The molecule has 6 nitrogen and oxygen atoms in total. The van der Waals surface area contributed by atoms with Crippen LogP contribution in [0.15, 0.2) is 35.9 Å². The summed E-state index contributed by atoms with van der Waals surface area (Å²) in [5.74, 6) is 0.369. The summed E-state index contributed by atoms with van der Waals surface area (Å²) in [6.07, 6.45) is 9.89. The maximum atomic E-state index is 12.1. The van der Waals surface area contributed by atoms with Crippen LogP contribution in [0.25, 0.3) is 6.08 Å². The number of carbonyl (C=O) groups is 2. The molecule has 0 fully saturated rings. The number of allylic oxidation sites excluding steroid dienone is 1. The second-order valence-electron chi connectivity index (χ2n) is 6.90. The van der Waals surface area contributed by atoms with E-state index < -0.39 is 12.1 Å². The topological polar surface area (TPSA) is 73.9 Å². The Bertz CT molecular complexity index is 754. The summed E-state index contributed by atoms with van der Waals surface area (Å²) >= 11 is 0. The van der Waals surface area contributed by atoms with Crippen LogP contribution in [0.3, 0.4) is 0 Å². The average molecular weight is 402 g/mol. The zero-order valence-corrected chi connectivity index (χ0v) is 17.5. The van der Waals surface area contributed by atoms with Crippen molar-refractivity contribution in [2.75, 3.05) is 20.3 Å². The van der Waals surface area contributed by atoms with Gasteiger partial charge in [-0.1, -0.05) is 17.7 Å². The SMILES string of the molecule is CCOc1ccc(/C=C/C(=O)O[C@H](C)C(=O)NCCC2=CCCCC2)cc1OC. The maximum Gasteiger partial charge on any atom is 0.331 e. The molecule has 0 spiro atoms. The van der Waals surface area contributed by atoms with Crippen LogP contribution in [0, 0.1) is 0 Å². The third-order valence-corrected chi connectivity index (χ3v) is 4.69. The molecule has 0 aliphatic heterocycles. The first-order chi connectivity index (χ1) is 14.0. The second kappa shape index (κ2) is 11.9. The van der Waals surface area contributed by atoms with Gasteiger partial charge in [-0.3, -0.25) is 4.79 Å². The van der Waals surface area contributed by atoms with Crippen molar-refractivity contribution in [3.63, 3.8) is 0 Å². The Hall–Kier alpha value is -2.76. The van der Waals surface area contributed by atoms with E-state index in [9.17, 15) is 9.59 Å². The fourth-order valence-electron chi connectivity index (χ4n) is 3.12. The number of methoxy groups -OCH3 is 1. The highest BCUT2D eigenvalue weighted by atomic mass is 16.5. The number of nitrogens with one attached hydrogen (secondary N) is 1. The van der Waals surface area contributed by atoms with Gasteiger partial charge in [0.1, 0.15) is 0 Å². The quantitative estimate of drug-likeness (QED) is 0.364. The molecule has 1 N–H and O–H groups in total. The van der Waals surface area contributed by atoms with Crippen molar-refractivity contribution in [1.82, 2.24) is 5.32 Å². The lowest BCUT2D eigenvalue weighted by atomic mass is 9.97. The molecule has 0 heterocycles. The summed E-state index contributed by atoms with van der Waals surface area (Å²) in [7, 11) is 1.56. The van der Waals surface area contributed by atoms with E-state index in [1.165, 1.54) is 24.5 Å². The Morgan fingerprint density at radius 3 is 2.76 bits per heavy atom. The van der Waals surface area contributed by atoms with Crippen LogP contribution in [0.4, 0.5) is 0 Å². The third kappa shape index (κ3) is 7.64. The molecule has 0 saturated heterocycles. The van der Waals surface area contributed by atoms with E-state index in [1.54, 1.807) is 32.2 Å². The first-order valence-electron chi connectivity index (χ1n) is 10.2. The standard InChI is InChI=1S/C23H31NO5/c1-4-28-20-12-10-19(16-21(20)27-3)11-13-22(25)29-17(2)23(26)24-15-14-18-8-6-5-7-9-18/h8,10-13,16-17H,4-7,9,14-15H2,1-3H3,(H,24,26)/b13-11+/t17-/m1/s1. The molecule has 1 aliphatic carbocycles. The molecule has 1 atom stereocenters. The maximum absolute atomic E-state index is 12.1. The molecular formula is C23H31NO5. The minimum Gasteiger partial charge on any atom is -0.493 e. The van der Waals surface area contributed by atoms with Gasteiger partial charge in [0.2, 0.25) is 0 Å². The number of ether oxygens (including phenoxy) is 3. The Morgan fingerprint density at radius 1 is 1.24 bits per heavy atom. The van der Waals surface area contributed by atoms with E-state index >= 15 is 0 Å². The highest BCUT2D eigenvalue weighted by Crippen LogP contribution is 2.28. The molecule has 0 saturated carbocycles. The molecule has 6 heteroatoms. The number of carbonyl (C=O) groups excluding carboxylic acids is 2. The van der Waals surface area contributed by atoms with Gasteiger partial charge in [-0.2, -0.15) is 0 Å². The number of rotatable bonds is 10. The molecule has 29 heavy (non-hydrogen) atoms. The minimum absolute atomic E-state index is 0.286. The summed E-state index contributed by atoms with van der Waals surface area (Å²) in [6.45, 7) is 4.57. The van der Waals surface area contributed by atoms with Crippen LogP contribution in [0.2, 0.25) is 0 Å². The van der Waals surface area contributed by atoms with Crippen LogP contribution in [-0.2, 0) is 14.3 Å². The zero-order chi connectivity index (χ0) is 21.1. The van der Waals surface area contributed by atoms with Gasteiger partial charge in [0.05, 0.1) is 13.7 Å². The van der Waals surface area contributed by atoms with E-state index in [0.29, 0.717) is 24.7 Å². The fraction of sp³-hybridized carbons (Fsp3) is 0.478. The molecule has 2 rings (SSSR count). The van der Waals surface area contributed by atoms with Crippen LogP contribution in [0.5, 0.6) is 11.5 Å². The highest BCUT2D eigenvalue weighted by molar-refractivity contribution is 5.90. The van der Waals surface area contributed by atoms with Gasteiger partial charge in [-0.05, 0) is 69.7 Å². The Kier molecular flexibility index (Phi) is 9.28. The van der Waals surface area contributed by atoms with Crippen molar-refractivity contribution in [2.24, 2.45) is 0 Å². The molecule has 0 radical (unpaired) electrons. The number of amides is 1. The summed E-state index contributed by atoms with van der Waals surface area (Å²) in [5.41, 5.74) is 2.16. The van der Waals surface area contributed by atoms with Gasteiger partial charge >= 0.3 is 5.97 Å². The lowest BCUT2D eigenvalue weighted by Crippen LogP contribution is -2.36. The predicted octanol–water partition coefficient (Wildman–Crippen LogP) is 4.05. The summed E-state index contributed by atoms with van der Waals surface area (Å²) in [6, 6.07) is 5.36. The Morgan fingerprint density at radius 2 is 2.07 bits per heavy atom. The lowest BCUT2D eigenvalue weighted by Gasteiger charge is -2.15. The lowest BCUT2D eigenvalue weighted by molar-refractivity contribution is -0.150. The normalized spacial score (nSPS) is 14.8. The number of hydrogen-bond donors (Lipinski definition) is 1. The van der Waals surface area contributed by atoms with Gasteiger partial charge in [-0.25, -0.2) is 4.79 Å². The van der Waals surface area contributed by atoms with Gasteiger partial charge in [0, 0.05) is 12.6 Å². The van der Waals surface area contributed by atoms with Crippen LogP contribution in [0.1, 0.15) is 51.5 Å². The predicted molar refractivity (Wildman–Crippen MR) is 113 cm³/mol. The molecule has 0 bridgehead atoms.